The van der Waals surface area contributed by atoms with Gasteiger partial charge in [-0.25, -0.2) is 9.97 Å². The Balaban J connectivity index is 2.00. The average molecular weight is 454 g/mol. The number of rotatable bonds is 4. The van der Waals surface area contributed by atoms with Crippen molar-refractivity contribution in [1.29, 1.82) is 0 Å². The van der Waals surface area contributed by atoms with Gasteiger partial charge in [0.05, 0.1) is 29.8 Å². The van der Waals surface area contributed by atoms with Crippen LogP contribution >= 0.6 is 22.2 Å². The van der Waals surface area contributed by atoms with Gasteiger partial charge in [0.1, 0.15) is 21.8 Å². The first-order valence-corrected chi connectivity index (χ1v) is 11.1. The monoisotopic (exact) mass is 453 g/mol. The molecule has 1 aliphatic rings. The highest BCUT2D eigenvalue weighted by Crippen LogP contribution is 2.59. The molecular formula is C19H24ClN5O4S. The Labute approximate surface area is 181 Å². The van der Waals surface area contributed by atoms with Gasteiger partial charge in [0.2, 0.25) is 5.88 Å². The minimum Gasteiger partial charge on any atom is -0.481 e. The molecule has 0 saturated heterocycles. The van der Waals surface area contributed by atoms with E-state index in [2.05, 4.69) is 20.3 Å². The fourth-order valence-corrected chi connectivity index (χ4v) is 4.94. The zero-order valence-corrected chi connectivity index (χ0v) is 18.6. The highest BCUT2D eigenvalue weighted by Gasteiger charge is 2.49. The van der Waals surface area contributed by atoms with E-state index in [1.165, 1.54) is 25.6 Å². The maximum atomic E-state index is 12.5. The number of pyridine rings is 2. The molecule has 1 aliphatic heterocycles. The molecule has 0 saturated carbocycles. The van der Waals surface area contributed by atoms with E-state index in [4.69, 9.17) is 22.1 Å². The number of carbonyl (C=O) groups is 1. The van der Waals surface area contributed by atoms with Crippen LogP contribution in [0.15, 0.2) is 35.6 Å². The van der Waals surface area contributed by atoms with Crippen molar-refractivity contribution in [2.45, 2.75) is 31.1 Å². The van der Waals surface area contributed by atoms with Gasteiger partial charge >= 0.3 is 0 Å². The van der Waals surface area contributed by atoms with Gasteiger partial charge in [-0.1, -0.05) is 11.6 Å². The van der Waals surface area contributed by atoms with Gasteiger partial charge in [-0.3, -0.25) is 18.9 Å². The van der Waals surface area contributed by atoms with Crippen LogP contribution in [0.3, 0.4) is 0 Å². The van der Waals surface area contributed by atoms with E-state index >= 15 is 0 Å². The van der Waals surface area contributed by atoms with E-state index < -0.39 is 26.8 Å². The minimum atomic E-state index is -3.12. The Bertz CT molecular complexity index is 1010. The lowest BCUT2D eigenvalue weighted by atomic mass is 9.94. The number of hydrogen-bond acceptors (Lipinski definition) is 8. The molecule has 5 N–H and O–H groups in total. The third-order valence-corrected chi connectivity index (χ3v) is 8.16. The van der Waals surface area contributed by atoms with Gasteiger partial charge < -0.3 is 15.8 Å². The normalized spacial score (nSPS) is 23.2. The average Bonchev–Trinajstić information content (AvgIpc) is 2.66. The molecule has 30 heavy (non-hydrogen) atoms. The number of amides is 1. The molecule has 2 aromatic heterocycles. The highest BCUT2D eigenvalue weighted by atomic mass is 35.5. The maximum Gasteiger partial charge on any atom is 0.274 e. The summed E-state index contributed by atoms with van der Waals surface area (Å²) in [5.41, 5.74) is 5.99. The Morgan fingerprint density at radius 3 is 2.53 bits per heavy atom. The number of aromatic nitrogens is 2. The van der Waals surface area contributed by atoms with Crippen LogP contribution in [0.1, 0.15) is 36.8 Å². The lowest BCUT2D eigenvalue weighted by Gasteiger charge is -2.53. The SMILES string of the molecule is COc1ncc(NC(=O)c2ccc(Cl)cn2)cc1[C@]1(C)CS(O)(O)C(C)(C)C(N)=N1. The summed E-state index contributed by atoms with van der Waals surface area (Å²) in [7, 11) is -1.68. The third-order valence-electron chi connectivity index (χ3n) is 5.13. The Morgan fingerprint density at radius 2 is 1.97 bits per heavy atom. The molecule has 162 valence electrons. The molecule has 0 fully saturated rings. The second-order valence-corrected chi connectivity index (χ2v) is 10.8. The smallest absolute Gasteiger partial charge is 0.274 e. The lowest BCUT2D eigenvalue weighted by molar-refractivity contribution is 0.102. The van der Waals surface area contributed by atoms with E-state index in [0.717, 1.165) is 0 Å². The second kappa shape index (κ2) is 7.69. The van der Waals surface area contributed by atoms with Gasteiger partial charge in [0.15, 0.2) is 0 Å². The molecule has 0 bridgehead atoms. The Morgan fingerprint density at radius 1 is 1.27 bits per heavy atom. The summed E-state index contributed by atoms with van der Waals surface area (Å²) in [6.07, 6.45) is 2.80. The number of nitrogens with zero attached hydrogens (tertiary/aromatic N) is 3. The van der Waals surface area contributed by atoms with Crippen molar-refractivity contribution in [1.82, 2.24) is 9.97 Å². The summed E-state index contributed by atoms with van der Waals surface area (Å²) in [6, 6.07) is 4.69. The predicted molar refractivity (Wildman–Crippen MR) is 119 cm³/mol. The van der Waals surface area contributed by atoms with E-state index in [9.17, 15) is 13.9 Å². The van der Waals surface area contributed by atoms with E-state index in [0.29, 0.717) is 16.3 Å². The zero-order valence-electron chi connectivity index (χ0n) is 17.0. The molecule has 1 atom stereocenters. The Kier molecular flexibility index (Phi) is 5.72. The molecule has 0 spiro atoms. The summed E-state index contributed by atoms with van der Waals surface area (Å²) in [4.78, 5) is 25.3. The molecule has 0 aliphatic carbocycles. The van der Waals surface area contributed by atoms with E-state index in [1.807, 2.05) is 0 Å². The summed E-state index contributed by atoms with van der Waals surface area (Å²) >= 11 is 5.81. The van der Waals surface area contributed by atoms with Crippen LogP contribution in [0.25, 0.3) is 0 Å². The van der Waals surface area contributed by atoms with Crippen molar-refractivity contribution in [3.63, 3.8) is 0 Å². The standard InChI is InChI=1S/C19H24ClN5O4S/c1-18(2)17(21)25-19(3,10-30(18,27)28)13-7-12(9-23-16(13)29-4)24-15(26)14-6-5-11(20)8-22-14/h5-9,27-28H,10H2,1-4H3,(H2,21,25)(H,24,26)/t19-/m0/s1. The van der Waals surface area contributed by atoms with E-state index in [1.54, 1.807) is 32.9 Å². The fourth-order valence-electron chi connectivity index (χ4n) is 3.08. The zero-order chi connectivity index (χ0) is 22.3. The molecule has 3 heterocycles. The number of aliphatic imine (C=N–C) groups is 1. The minimum absolute atomic E-state index is 0.0676. The van der Waals surface area contributed by atoms with Crippen LogP contribution in [0, 0.1) is 0 Å². The molecule has 11 heteroatoms. The maximum absolute atomic E-state index is 12.5. The molecule has 0 unspecified atom stereocenters. The number of anilines is 1. The number of carbonyl (C=O) groups excluding carboxylic acids is 1. The quantitative estimate of drug-likeness (QED) is 0.554. The molecule has 1 amide bonds. The number of nitrogens with one attached hydrogen (secondary N) is 1. The summed E-state index contributed by atoms with van der Waals surface area (Å²) in [5, 5.41) is 3.13. The number of amidine groups is 1. The van der Waals surface area contributed by atoms with Crippen LogP contribution in [0.2, 0.25) is 5.02 Å². The molecule has 9 nitrogen and oxygen atoms in total. The van der Waals surface area contributed by atoms with Gasteiger partial charge in [0, 0.05) is 11.8 Å². The largest absolute Gasteiger partial charge is 0.481 e. The number of ether oxygens (including phenoxy) is 1. The van der Waals surface area contributed by atoms with Crippen molar-refractivity contribution in [3.8, 4) is 5.88 Å². The van der Waals surface area contributed by atoms with Crippen LogP contribution in [0.4, 0.5) is 5.69 Å². The van der Waals surface area contributed by atoms with Gasteiger partial charge in [-0.15, -0.1) is 0 Å². The van der Waals surface area contributed by atoms with Crippen LogP contribution in [0.5, 0.6) is 5.88 Å². The molecule has 0 aromatic carbocycles. The third kappa shape index (κ3) is 3.95. The first-order valence-electron chi connectivity index (χ1n) is 8.98. The van der Waals surface area contributed by atoms with Gasteiger partial charge in [-0.05, 0) is 39.0 Å². The van der Waals surface area contributed by atoms with Crippen molar-refractivity contribution in [2.24, 2.45) is 10.7 Å². The number of hydrogen-bond donors (Lipinski definition) is 4. The van der Waals surface area contributed by atoms with Crippen LogP contribution in [-0.2, 0) is 5.54 Å². The number of nitrogens with two attached hydrogens (primary N) is 1. The Hall–Kier alpha value is -2.40. The van der Waals surface area contributed by atoms with Crippen molar-refractivity contribution in [3.05, 3.63) is 46.9 Å². The molecule has 3 rings (SSSR count). The van der Waals surface area contributed by atoms with Gasteiger partial charge in [-0.2, -0.15) is 10.6 Å². The number of halogens is 1. The van der Waals surface area contributed by atoms with Gasteiger partial charge in [0.25, 0.3) is 5.91 Å². The number of methoxy groups -OCH3 is 1. The topological polar surface area (TPSA) is 143 Å². The molecular weight excluding hydrogens is 430 g/mol. The fraction of sp³-hybridized carbons (Fsp3) is 0.368. The molecule has 0 radical (unpaired) electrons. The highest BCUT2D eigenvalue weighted by molar-refractivity contribution is 8.26. The predicted octanol–water partition coefficient (Wildman–Crippen LogP) is 3.51. The lowest BCUT2D eigenvalue weighted by Crippen LogP contribution is -2.52. The van der Waals surface area contributed by atoms with E-state index in [-0.39, 0.29) is 23.2 Å². The summed E-state index contributed by atoms with van der Waals surface area (Å²) in [6.45, 7) is 5.01. The first-order chi connectivity index (χ1) is 13.9. The van der Waals surface area contributed by atoms with Crippen molar-refractivity contribution < 1.29 is 18.6 Å². The van der Waals surface area contributed by atoms with Crippen LogP contribution in [-0.4, -0.2) is 48.4 Å². The van der Waals surface area contributed by atoms with Crippen molar-refractivity contribution in [2.75, 3.05) is 18.2 Å². The molecule has 2 aromatic rings. The second-order valence-electron chi connectivity index (χ2n) is 7.69. The summed E-state index contributed by atoms with van der Waals surface area (Å²) < 4.78 is 25.8. The van der Waals surface area contributed by atoms with Crippen LogP contribution < -0.4 is 15.8 Å². The summed E-state index contributed by atoms with van der Waals surface area (Å²) in [5.74, 6) is -0.154. The van der Waals surface area contributed by atoms with Crippen molar-refractivity contribution >= 4 is 39.6 Å². The first kappa shape index (κ1) is 22.3.